The van der Waals surface area contributed by atoms with Crippen molar-refractivity contribution in [3.63, 3.8) is 0 Å². The molecule has 0 aromatic carbocycles. The van der Waals surface area contributed by atoms with Crippen LogP contribution >= 0.6 is 12.6 Å². The minimum Gasteiger partial charge on any atom is -0.339 e. The van der Waals surface area contributed by atoms with E-state index in [1.165, 1.54) is 51.4 Å². The molecule has 1 aliphatic heterocycles. The van der Waals surface area contributed by atoms with Gasteiger partial charge in [-0.25, -0.2) is 0 Å². The van der Waals surface area contributed by atoms with Gasteiger partial charge in [-0.05, 0) is 55.6 Å². The highest BCUT2D eigenvalue weighted by Gasteiger charge is 2.45. The summed E-state index contributed by atoms with van der Waals surface area (Å²) in [5.41, 5.74) is 0.281. The molecule has 0 radical (unpaired) electrons. The molecule has 0 N–H and O–H groups in total. The Balaban J connectivity index is 1.61. The van der Waals surface area contributed by atoms with Crippen molar-refractivity contribution < 1.29 is 4.79 Å². The Labute approximate surface area is 116 Å². The number of rotatable bonds is 4. The molecule has 1 unspecified atom stereocenters. The van der Waals surface area contributed by atoms with E-state index in [-0.39, 0.29) is 5.41 Å². The molecule has 1 atom stereocenters. The molecular weight excluding hydrogens is 242 g/mol. The number of carbonyl (C=O) groups excluding carboxylic acids is 1. The summed E-state index contributed by atoms with van der Waals surface area (Å²) < 4.78 is 0. The minimum absolute atomic E-state index is 0.281. The average molecular weight is 267 g/mol. The van der Waals surface area contributed by atoms with Crippen LogP contribution in [0.15, 0.2) is 0 Å². The van der Waals surface area contributed by atoms with Crippen LogP contribution in [0.4, 0.5) is 0 Å². The minimum atomic E-state index is 0.281. The largest absolute Gasteiger partial charge is 0.339 e. The van der Waals surface area contributed by atoms with Crippen molar-refractivity contribution in [3.05, 3.63) is 0 Å². The van der Waals surface area contributed by atoms with Gasteiger partial charge in [0.1, 0.15) is 0 Å². The van der Waals surface area contributed by atoms with Gasteiger partial charge in [0.05, 0.1) is 0 Å². The Morgan fingerprint density at radius 3 is 2.50 bits per heavy atom. The number of thiol groups is 1. The van der Waals surface area contributed by atoms with Gasteiger partial charge in [-0.15, -0.1) is 0 Å². The van der Waals surface area contributed by atoms with Gasteiger partial charge < -0.3 is 4.90 Å². The molecule has 3 aliphatic rings. The first-order valence-corrected chi connectivity index (χ1v) is 8.28. The maximum Gasteiger partial charge on any atom is 0.223 e. The quantitative estimate of drug-likeness (QED) is 0.775. The topological polar surface area (TPSA) is 20.3 Å². The first-order chi connectivity index (χ1) is 8.74. The second-order valence-electron chi connectivity index (χ2n) is 6.68. The maximum atomic E-state index is 12.5. The predicted octanol–water partition coefficient (Wildman–Crippen LogP) is 3.27. The summed E-state index contributed by atoms with van der Waals surface area (Å²) in [5, 5.41) is 0. The summed E-state index contributed by atoms with van der Waals surface area (Å²) in [6.45, 7) is 1.02. The van der Waals surface area contributed by atoms with Crippen LogP contribution in [0.25, 0.3) is 0 Å². The van der Waals surface area contributed by atoms with Crippen LogP contribution in [-0.2, 0) is 4.79 Å². The zero-order valence-corrected chi connectivity index (χ0v) is 12.1. The first kappa shape index (κ1) is 12.8. The Bertz CT molecular complexity index is 320. The highest BCUT2D eigenvalue weighted by Crippen LogP contribution is 2.50. The highest BCUT2D eigenvalue weighted by molar-refractivity contribution is 7.80. The van der Waals surface area contributed by atoms with Gasteiger partial charge in [-0.3, -0.25) is 4.79 Å². The third kappa shape index (κ3) is 2.43. The van der Waals surface area contributed by atoms with E-state index in [1.807, 2.05) is 0 Å². The summed E-state index contributed by atoms with van der Waals surface area (Å²) in [6.07, 6.45) is 11.1. The SMILES string of the molecule is O=C(CC1(CS)CC1)N1CCCC1C1CCCC1. The molecule has 1 saturated heterocycles. The number of amides is 1. The van der Waals surface area contributed by atoms with Crippen LogP contribution in [0.5, 0.6) is 0 Å². The highest BCUT2D eigenvalue weighted by atomic mass is 32.1. The van der Waals surface area contributed by atoms with Gasteiger partial charge in [-0.2, -0.15) is 12.6 Å². The number of carbonyl (C=O) groups is 1. The molecule has 1 heterocycles. The molecule has 0 aromatic heterocycles. The van der Waals surface area contributed by atoms with Crippen LogP contribution in [0, 0.1) is 11.3 Å². The zero-order chi connectivity index (χ0) is 12.6. The van der Waals surface area contributed by atoms with Crippen molar-refractivity contribution in [1.82, 2.24) is 4.90 Å². The molecule has 3 fully saturated rings. The molecule has 3 heteroatoms. The zero-order valence-electron chi connectivity index (χ0n) is 11.2. The molecule has 102 valence electrons. The first-order valence-electron chi connectivity index (χ1n) is 7.64. The van der Waals surface area contributed by atoms with Crippen LogP contribution in [0.1, 0.15) is 57.8 Å². The lowest BCUT2D eigenvalue weighted by molar-refractivity contribution is -0.134. The van der Waals surface area contributed by atoms with Crippen LogP contribution in [-0.4, -0.2) is 29.1 Å². The molecular formula is C15H25NOS. The lowest BCUT2D eigenvalue weighted by Crippen LogP contribution is -2.40. The van der Waals surface area contributed by atoms with E-state index in [1.54, 1.807) is 0 Å². The van der Waals surface area contributed by atoms with E-state index in [2.05, 4.69) is 17.5 Å². The van der Waals surface area contributed by atoms with E-state index in [0.717, 1.165) is 24.6 Å². The van der Waals surface area contributed by atoms with E-state index >= 15 is 0 Å². The molecule has 2 saturated carbocycles. The van der Waals surface area contributed by atoms with Crippen molar-refractivity contribution in [1.29, 1.82) is 0 Å². The fraction of sp³-hybridized carbons (Fsp3) is 0.933. The van der Waals surface area contributed by atoms with Gasteiger partial charge in [0.25, 0.3) is 0 Å². The normalized spacial score (nSPS) is 30.9. The van der Waals surface area contributed by atoms with E-state index in [0.29, 0.717) is 11.9 Å². The van der Waals surface area contributed by atoms with Crippen molar-refractivity contribution in [3.8, 4) is 0 Å². The fourth-order valence-corrected chi connectivity index (χ4v) is 4.35. The van der Waals surface area contributed by atoms with E-state index < -0.39 is 0 Å². The van der Waals surface area contributed by atoms with Gasteiger partial charge >= 0.3 is 0 Å². The lowest BCUT2D eigenvalue weighted by Gasteiger charge is -2.30. The van der Waals surface area contributed by atoms with Gasteiger partial charge in [0.2, 0.25) is 5.91 Å². The second kappa shape index (κ2) is 5.07. The van der Waals surface area contributed by atoms with Crippen molar-refractivity contribution in [2.75, 3.05) is 12.3 Å². The molecule has 2 aliphatic carbocycles. The summed E-state index contributed by atoms with van der Waals surface area (Å²) in [6, 6.07) is 0.579. The summed E-state index contributed by atoms with van der Waals surface area (Å²) in [5.74, 6) is 2.12. The third-order valence-corrected chi connectivity index (χ3v) is 6.05. The molecule has 3 rings (SSSR count). The Morgan fingerprint density at radius 2 is 1.89 bits per heavy atom. The number of hydrogen-bond acceptors (Lipinski definition) is 2. The molecule has 2 nitrogen and oxygen atoms in total. The Hall–Kier alpha value is -0.180. The van der Waals surface area contributed by atoms with E-state index in [4.69, 9.17) is 0 Å². The van der Waals surface area contributed by atoms with Crippen molar-refractivity contribution >= 4 is 18.5 Å². The van der Waals surface area contributed by atoms with Crippen LogP contribution in [0.3, 0.4) is 0 Å². The van der Waals surface area contributed by atoms with Crippen molar-refractivity contribution in [2.45, 2.75) is 63.8 Å². The predicted molar refractivity (Wildman–Crippen MR) is 76.8 cm³/mol. The summed E-state index contributed by atoms with van der Waals surface area (Å²) >= 11 is 4.42. The Morgan fingerprint density at radius 1 is 1.17 bits per heavy atom. The van der Waals surface area contributed by atoms with E-state index in [9.17, 15) is 4.79 Å². The van der Waals surface area contributed by atoms with Gasteiger partial charge in [0.15, 0.2) is 0 Å². The molecule has 0 aromatic rings. The molecule has 1 amide bonds. The number of hydrogen-bond donors (Lipinski definition) is 1. The number of likely N-dealkylation sites (tertiary alicyclic amines) is 1. The van der Waals surface area contributed by atoms with Crippen molar-refractivity contribution in [2.24, 2.45) is 11.3 Å². The third-order valence-electron chi connectivity index (χ3n) is 5.38. The monoisotopic (exact) mass is 267 g/mol. The number of nitrogens with zero attached hydrogens (tertiary/aromatic N) is 1. The summed E-state index contributed by atoms with van der Waals surface area (Å²) in [4.78, 5) is 14.8. The second-order valence-corrected chi connectivity index (χ2v) is 6.99. The smallest absolute Gasteiger partial charge is 0.223 e. The van der Waals surface area contributed by atoms with Gasteiger partial charge in [-0.1, -0.05) is 12.8 Å². The standard InChI is InChI=1S/C15H25NOS/c17-14(10-15(11-18)7-8-15)16-9-3-6-13(16)12-4-1-2-5-12/h12-13,18H,1-11H2. The molecule has 0 bridgehead atoms. The molecule has 0 spiro atoms. The Kier molecular flexibility index (Phi) is 3.61. The fourth-order valence-electron chi connectivity index (χ4n) is 3.92. The van der Waals surface area contributed by atoms with Crippen LogP contribution < -0.4 is 0 Å². The average Bonchev–Trinajstić information content (AvgIpc) is 2.86. The molecule has 18 heavy (non-hydrogen) atoms. The maximum absolute atomic E-state index is 12.5. The van der Waals surface area contributed by atoms with Crippen LogP contribution in [0.2, 0.25) is 0 Å². The lowest BCUT2D eigenvalue weighted by atomic mass is 9.95. The summed E-state index contributed by atoms with van der Waals surface area (Å²) in [7, 11) is 0. The van der Waals surface area contributed by atoms with Gasteiger partial charge in [0, 0.05) is 19.0 Å².